The second-order valence-electron chi connectivity index (χ2n) is 7.96. The summed E-state index contributed by atoms with van der Waals surface area (Å²) in [7, 11) is -4.26. The molecule has 0 spiro atoms. The highest BCUT2D eigenvalue weighted by molar-refractivity contribution is 7.52. The van der Waals surface area contributed by atoms with E-state index in [2.05, 4.69) is 10.2 Å². The van der Waals surface area contributed by atoms with Crippen molar-refractivity contribution in [3.05, 3.63) is 57.4 Å². The maximum Gasteiger partial charge on any atom is 0.459 e. The van der Waals surface area contributed by atoms with E-state index < -0.39 is 68.3 Å². The van der Waals surface area contributed by atoms with Gasteiger partial charge in [-0.05, 0) is 32.9 Å². The van der Waals surface area contributed by atoms with Gasteiger partial charge in [-0.2, -0.15) is 14.9 Å². The summed E-state index contributed by atoms with van der Waals surface area (Å²) in [6.07, 6.45) is -5.53. The fourth-order valence-electron chi connectivity index (χ4n) is 3.12. The number of carbonyl (C=O) groups is 1. The number of H-pyrrole nitrogens is 1. The third kappa shape index (κ3) is 6.84. The maximum atomic E-state index is 13.5. The molecule has 1 aliphatic rings. The lowest BCUT2D eigenvalue weighted by molar-refractivity contribution is -0.149. The molecule has 35 heavy (non-hydrogen) atoms. The van der Waals surface area contributed by atoms with Gasteiger partial charge in [0.1, 0.15) is 36.3 Å². The molecule has 15 heteroatoms. The van der Waals surface area contributed by atoms with E-state index in [0.29, 0.717) is 4.68 Å². The van der Waals surface area contributed by atoms with Crippen LogP contribution in [0.2, 0.25) is 0 Å². The van der Waals surface area contributed by atoms with Gasteiger partial charge in [0, 0.05) is 0 Å². The molecule has 1 aromatic heterocycles. The fourth-order valence-corrected chi connectivity index (χ4v) is 4.62. The number of benzene rings is 1. The summed E-state index contributed by atoms with van der Waals surface area (Å²) < 4.78 is 35.7. The van der Waals surface area contributed by atoms with Crippen LogP contribution in [0.5, 0.6) is 5.75 Å². The first kappa shape index (κ1) is 26.7. The lowest BCUT2D eigenvalue weighted by Gasteiger charge is -2.25. The first-order chi connectivity index (χ1) is 16.5. The molecule has 0 saturated carbocycles. The Balaban J connectivity index is 1.75. The Morgan fingerprint density at radius 2 is 1.91 bits per heavy atom. The van der Waals surface area contributed by atoms with Gasteiger partial charge in [-0.15, -0.1) is 0 Å². The van der Waals surface area contributed by atoms with Gasteiger partial charge in [-0.1, -0.05) is 18.2 Å². The fraction of sp³-hybridized carbons (Fsp3) is 0.500. The number of hydrogen-bond acceptors (Lipinski definition) is 11. The molecular formula is C20H27N4O10P. The molecule has 1 saturated heterocycles. The summed E-state index contributed by atoms with van der Waals surface area (Å²) in [6, 6.07) is 6.92. The van der Waals surface area contributed by atoms with Crippen molar-refractivity contribution in [1.29, 1.82) is 0 Å². The maximum absolute atomic E-state index is 13.5. The normalized spacial score (nSPS) is 24.6. The largest absolute Gasteiger partial charge is 0.462 e. The van der Waals surface area contributed by atoms with Gasteiger partial charge in [0.25, 0.3) is 5.56 Å². The number of rotatable bonds is 10. The molecule has 1 aromatic carbocycles. The summed E-state index contributed by atoms with van der Waals surface area (Å²) in [5.41, 5.74) is -1.72. The van der Waals surface area contributed by atoms with Crippen LogP contribution in [0, 0.1) is 0 Å². The standard InChI is InChI=1S/C20H27N4O10P/c1-11(2)32-19(28)12(3)23-35(30,34-13-7-5-4-6-8-13)31-10-14-16(26)17(27)18(33-14)24-20(29)22-15(25)9-21-24/h4-9,11-12,14,16-18,26-27H,10H2,1-3H3,(H,23,30)(H,22,25,29)/t12-,14+,16?,17-,18+,35-/m0/s1. The highest BCUT2D eigenvalue weighted by atomic mass is 31.2. The summed E-state index contributed by atoms with van der Waals surface area (Å²) in [5.74, 6) is -0.529. The van der Waals surface area contributed by atoms with E-state index in [1.807, 2.05) is 4.98 Å². The molecule has 2 heterocycles. The molecule has 1 aliphatic heterocycles. The number of aromatic amines is 1. The Morgan fingerprint density at radius 1 is 1.23 bits per heavy atom. The molecule has 0 bridgehead atoms. The second-order valence-corrected chi connectivity index (χ2v) is 9.66. The molecule has 2 aromatic rings. The van der Waals surface area contributed by atoms with Crippen molar-refractivity contribution in [2.24, 2.45) is 0 Å². The Kier molecular flexibility index (Phi) is 8.59. The number of aliphatic hydroxyl groups is 2. The Bertz CT molecular complexity index is 1170. The van der Waals surface area contributed by atoms with Crippen LogP contribution >= 0.6 is 7.75 Å². The number of aliphatic hydroxyl groups excluding tert-OH is 2. The summed E-state index contributed by atoms with van der Waals surface area (Å²) >= 11 is 0. The quantitative estimate of drug-likeness (QED) is 0.239. The Morgan fingerprint density at radius 3 is 2.54 bits per heavy atom. The molecule has 192 valence electrons. The van der Waals surface area contributed by atoms with Gasteiger partial charge in [0.05, 0.1) is 12.7 Å². The van der Waals surface area contributed by atoms with Gasteiger partial charge in [0.2, 0.25) is 0 Å². The molecule has 14 nitrogen and oxygen atoms in total. The van der Waals surface area contributed by atoms with Crippen molar-refractivity contribution in [2.45, 2.75) is 57.5 Å². The van der Waals surface area contributed by atoms with Crippen molar-refractivity contribution in [3.63, 3.8) is 0 Å². The molecule has 0 radical (unpaired) electrons. The van der Waals surface area contributed by atoms with Crippen LogP contribution in [-0.2, 0) is 23.4 Å². The number of nitrogens with zero attached hydrogens (tertiary/aromatic N) is 2. The van der Waals surface area contributed by atoms with Gasteiger partial charge in [0.15, 0.2) is 6.23 Å². The highest BCUT2D eigenvalue weighted by Crippen LogP contribution is 2.45. The number of hydrogen-bond donors (Lipinski definition) is 4. The number of aromatic nitrogens is 3. The molecule has 1 fully saturated rings. The number of ether oxygens (including phenoxy) is 2. The van der Waals surface area contributed by atoms with E-state index >= 15 is 0 Å². The number of esters is 1. The van der Waals surface area contributed by atoms with Crippen molar-refractivity contribution >= 4 is 13.7 Å². The SMILES string of the molecule is CC(C)OC(=O)[C@H](C)N[P@](=O)(OC[C@H]1O[C@@H](n2ncc(=O)[nH]c2=O)[C@@H](O)C1O)Oc1ccccc1. The zero-order valence-electron chi connectivity index (χ0n) is 19.1. The molecule has 4 N–H and O–H groups in total. The lowest BCUT2D eigenvalue weighted by atomic mass is 10.1. The van der Waals surface area contributed by atoms with Crippen LogP contribution in [0.25, 0.3) is 0 Å². The molecular weight excluding hydrogens is 487 g/mol. The third-order valence-electron chi connectivity index (χ3n) is 4.75. The molecule has 1 unspecified atom stereocenters. The smallest absolute Gasteiger partial charge is 0.459 e. The second kappa shape index (κ2) is 11.2. The zero-order valence-corrected chi connectivity index (χ0v) is 20.0. The monoisotopic (exact) mass is 514 g/mol. The molecule has 0 aliphatic carbocycles. The van der Waals surface area contributed by atoms with Crippen LogP contribution in [0.15, 0.2) is 46.1 Å². The first-order valence-electron chi connectivity index (χ1n) is 10.7. The van der Waals surface area contributed by atoms with Crippen molar-refractivity contribution in [1.82, 2.24) is 19.9 Å². The number of carbonyl (C=O) groups excluding carboxylic acids is 1. The summed E-state index contributed by atoms with van der Waals surface area (Å²) in [6.45, 7) is 4.15. The predicted molar refractivity (Wildman–Crippen MR) is 119 cm³/mol. The first-order valence-corrected chi connectivity index (χ1v) is 12.2. The van der Waals surface area contributed by atoms with Gasteiger partial charge in [-0.3, -0.25) is 19.1 Å². The molecule has 0 amide bonds. The van der Waals surface area contributed by atoms with E-state index in [0.717, 1.165) is 6.20 Å². The van der Waals surface area contributed by atoms with E-state index in [-0.39, 0.29) is 5.75 Å². The highest BCUT2D eigenvalue weighted by Gasteiger charge is 2.46. The Labute approximate surface area is 199 Å². The molecule has 6 atom stereocenters. The summed E-state index contributed by atoms with van der Waals surface area (Å²) in [5, 5.41) is 26.8. The lowest BCUT2D eigenvalue weighted by Crippen LogP contribution is -2.39. The van der Waals surface area contributed by atoms with Crippen LogP contribution in [0.3, 0.4) is 0 Å². The zero-order chi connectivity index (χ0) is 25.8. The minimum atomic E-state index is -4.26. The Hall–Kier alpha value is -2.87. The van der Waals surface area contributed by atoms with Gasteiger partial charge in [-0.25, -0.2) is 9.36 Å². The van der Waals surface area contributed by atoms with E-state index in [1.54, 1.807) is 32.0 Å². The molecule has 3 rings (SSSR count). The third-order valence-corrected chi connectivity index (χ3v) is 6.39. The minimum Gasteiger partial charge on any atom is -0.462 e. The van der Waals surface area contributed by atoms with E-state index in [1.165, 1.54) is 19.1 Å². The van der Waals surface area contributed by atoms with E-state index in [4.69, 9.17) is 18.5 Å². The van der Waals surface area contributed by atoms with Crippen LogP contribution in [0.1, 0.15) is 27.0 Å². The number of nitrogens with one attached hydrogen (secondary N) is 2. The van der Waals surface area contributed by atoms with Crippen molar-refractivity contribution < 1.29 is 38.1 Å². The summed E-state index contributed by atoms with van der Waals surface area (Å²) in [4.78, 5) is 37.4. The van der Waals surface area contributed by atoms with Crippen molar-refractivity contribution in [3.8, 4) is 5.75 Å². The van der Waals surface area contributed by atoms with E-state index in [9.17, 15) is 29.2 Å². The van der Waals surface area contributed by atoms with Gasteiger partial charge >= 0.3 is 19.4 Å². The topological polar surface area (TPSA) is 191 Å². The predicted octanol–water partition coefficient (Wildman–Crippen LogP) is -0.316. The van der Waals surface area contributed by atoms with Gasteiger partial charge < -0.3 is 24.2 Å². The van der Waals surface area contributed by atoms with Crippen LogP contribution < -0.4 is 20.9 Å². The minimum absolute atomic E-state index is 0.169. The average Bonchev–Trinajstić information content (AvgIpc) is 3.06. The van der Waals surface area contributed by atoms with Crippen LogP contribution in [0.4, 0.5) is 0 Å². The van der Waals surface area contributed by atoms with Crippen LogP contribution in [-0.4, -0.2) is 68.0 Å². The average molecular weight is 514 g/mol. The van der Waals surface area contributed by atoms with Crippen molar-refractivity contribution in [2.75, 3.05) is 6.61 Å². The number of para-hydroxylation sites is 1.